The molecule has 7 nitrogen and oxygen atoms in total. The van der Waals surface area contributed by atoms with Crippen LogP contribution in [0.25, 0.3) is 0 Å². The van der Waals surface area contributed by atoms with Crippen molar-refractivity contribution < 1.29 is 18.0 Å². The number of halogens is 4. The number of amides is 2. The molecule has 0 aromatic heterocycles. The van der Waals surface area contributed by atoms with Gasteiger partial charge in [0.2, 0.25) is 11.8 Å². The van der Waals surface area contributed by atoms with Crippen molar-refractivity contribution >= 4 is 73.9 Å². The minimum atomic E-state index is -4.31. The Morgan fingerprint density at radius 1 is 0.907 bits per heavy atom. The molecule has 0 aliphatic heterocycles. The van der Waals surface area contributed by atoms with Crippen molar-refractivity contribution in [3.8, 4) is 0 Å². The molecule has 4 rings (SSSR count). The summed E-state index contributed by atoms with van der Waals surface area (Å²) in [6, 6.07) is 14.6. The van der Waals surface area contributed by atoms with E-state index in [2.05, 4.69) is 5.32 Å². The predicted molar refractivity (Wildman–Crippen MR) is 174 cm³/mol. The maximum Gasteiger partial charge on any atom is 0.264 e. The molecular weight excluding hydrogens is 652 g/mol. The number of nitrogens with zero attached hydrogens (tertiary/aromatic N) is 2. The largest absolute Gasteiger partial charge is 0.352 e. The molecule has 0 saturated heterocycles. The van der Waals surface area contributed by atoms with Crippen molar-refractivity contribution in [3.05, 3.63) is 91.9 Å². The van der Waals surface area contributed by atoms with E-state index in [1.807, 2.05) is 6.92 Å². The first-order valence-corrected chi connectivity index (χ1v) is 16.9. The number of rotatable bonds is 10. The van der Waals surface area contributed by atoms with Gasteiger partial charge in [0.25, 0.3) is 10.0 Å². The van der Waals surface area contributed by atoms with Crippen LogP contribution < -0.4 is 9.62 Å². The van der Waals surface area contributed by atoms with Gasteiger partial charge < -0.3 is 10.2 Å². The summed E-state index contributed by atoms with van der Waals surface area (Å²) in [4.78, 5) is 28.9. The maximum atomic E-state index is 14.2. The molecule has 1 N–H and O–H groups in total. The highest BCUT2D eigenvalue weighted by molar-refractivity contribution is 7.92. The molecule has 0 radical (unpaired) electrons. The molecule has 43 heavy (non-hydrogen) atoms. The smallest absolute Gasteiger partial charge is 0.264 e. The van der Waals surface area contributed by atoms with Gasteiger partial charge in [0, 0.05) is 33.2 Å². The van der Waals surface area contributed by atoms with E-state index >= 15 is 0 Å². The van der Waals surface area contributed by atoms with Gasteiger partial charge in [0.05, 0.1) is 15.6 Å². The topological polar surface area (TPSA) is 86.8 Å². The highest BCUT2D eigenvalue weighted by atomic mass is 35.5. The van der Waals surface area contributed by atoms with E-state index in [-0.39, 0.29) is 39.1 Å². The summed E-state index contributed by atoms with van der Waals surface area (Å²) in [5, 5.41) is 4.00. The van der Waals surface area contributed by atoms with Gasteiger partial charge in [-0.2, -0.15) is 0 Å². The van der Waals surface area contributed by atoms with E-state index in [0.29, 0.717) is 15.6 Å². The lowest BCUT2D eigenvalue weighted by atomic mass is 9.95. The molecule has 230 valence electrons. The molecule has 1 aliphatic rings. The minimum absolute atomic E-state index is 0.00762. The Kier molecular flexibility index (Phi) is 11.3. The van der Waals surface area contributed by atoms with Crippen molar-refractivity contribution in [2.45, 2.75) is 69.5 Å². The highest BCUT2D eigenvalue weighted by Gasteiger charge is 2.34. The standard InChI is InChI=1S/C31H33Cl4N3O4S/c1-20-11-14-24(15-12-20)43(41,42)38(29-17-22(32)13-16-28(29)35)19-30(39)37(18-25-26(33)9-6-10-27(25)34)21(2)31(40)36-23-7-4-3-5-8-23/h6,9-17,21,23H,3-5,7-8,18-19H2,1-2H3,(H,36,40)/t21-/m1/s1. The van der Waals surface area contributed by atoms with Crippen LogP contribution in [0.4, 0.5) is 5.69 Å². The van der Waals surface area contributed by atoms with Gasteiger partial charge in [-0.3, -0.25) is 13.9 Å². The summed E-state index contributed by atoms with van der Waals surface area (Å²) in [5.74, 6) is -1.01. The van der Waals surface area contributed by atoms with Crippen molar-refractivity contribution in [1.29, 1.82) is 0 Å². The van der Waals surface area contributed by atoms with Gasteiger partial charge >= 0.3 is 0 Å². The number of hydrogen-bond acceptors (Lipinski definition) is 4. The van der Waals surface area contributed by atoms with Crippen molar-refractivity contribution in [2.24, 2.45) is 0 Å². The quantitative estimate of drug-likeness (QED) is 0.238. The van der Waals surface area contributed by atoms with Crippen LogP contribution in [0.2, 0.25) is 20.1 Å². The minimum Gasteiger partial charge on any atom is -0.352 e. The van der Waals surface area contributed by atoms with Crippen LogP contribution in [0, 0.1) is 6.92 Å². The third kappa shape index (κ3) is 8.17. The first kappa shape index (κ1) is 33.4. The molecule has 0 bridgehead atoms. The summed E-state index contributed by atoms with van der Waals surface area (Å²) >= 11 is 25.6. The van der Waals surface area contributed by atoms with E-state index in [4.69, 9.17) is 46.4 Å². The van der Waals surface area contributed by atoms with Gasteiger partial charge in [0.15, 0.2) is 0 Å². The third-order valence-corrected chi connectivity index (χ3v) is 10.6. The fraction of sp³-hybridized carbons (Fsp3) is 0.355. The summed E-state index contributed by atoms with van der Waals surface area (Å²) in [6.45, 7) is 2.65. The van der Waals surface area contributed by atoms with Crippen LogP contribution in [0.5, 0.6) is 0 Å². The number of sulfonamides is 1. The molecule has 3 aromatic carbocycles. The molecule has 0 unspecified atom stereocenters. The van der Waals surface area contributed by atoms with Crippen molar-refractivity contribution in [1.82, 2.24) is 10.2 Å². The lowest BCUT2D eigenvalue weighted by Gasteiger charge is -2.33. The van der Waals surface area contributed by atoms with Gasteiger partial charge in [-0.05, 0) is 69.2 Å². The zero-order valence-corrected chi connectivity index (χ0v) is 27.7. The molecule has 1 saturated carbocycles. The number of hydrogen-bond donors (Lipinski definition) is 1. The molecule has 1 aliphatic carbocycles. The summed E-state index contributed by atoms with van der Waals surface area (Å²) in [5.41, 5.74) is 1.33. The molecular formula is C31H33Cl4N3O4S. The first-order valence-electron chi connectivity index (χ1n) is 14.0. The Morgan fingerprint density at radius 2 is 1.53 bits per heavy atom. The van der Waals surface area contributed by atoms with Crippen LogP contribution in [0.1, 0.15) is 50.2 Å². The fourth-order valence-electron chi connectivity index (χ4n) is 5.03. The number of benzene rings is 3. The average molecular weight is 686 g/mol. The van der Waals surface area contributed by atoms with Gasteiger partial charge in [0.1, 0.15) is 12.6 Å². The zero-order chi connectivity index (χ0) is 31.3. The van der Waals surface area contributed by atoms with E-state index in [0.717, 1.165) is 42.0 Å². The Balaban J connectivity index is 1.74. The second-order valence-corrected chi connectivity index (χ2v) is 14.2. The van der Waals surface area contributed by atoms with Crippen molar-refractivity contribution in [3.63, 3.8) is 0 Å². The lowest BCUT2D eigenvalue weighted by molar-refractivity contribution is -0.139. The van der Waals surface area contributed by atoms with Gasteiger partial charge in [-0.15, -0.1) is 0 Å². The predicted octanol–water partition coefficient (Wildman–Crippen LogP) is 7.67. The van der Waals surface area contributed by atoms with Crippen LogP contribution in [0.15, 0.2) is 65.6 Å². The van der Waals surface area contributed by atoms with E-state index in [1.165, 1.54) is 35.2 Å². The van der Waals surface area contributed by atoms with E-state index < -0.39 is 28.5 Å². The molecule has 2 amide bonds. The number of aryl methyl sites for hydroxylation is 1. The van der Waals surface area contributed by atoms with Crippen LogP contribution in [0.3, 0.4) is 0 Å². The molecule has 0 spiro atoms. The maximum absolute atomic E-state index is 14.2. The molecule has 1 fully saturated rings. The van der Waals surface area contributed by atoms with Gasteiger partial charge in [-0.1, -0.05) is 89.4 Å². The number of nitrogens with one attached hydrogen (secondary N) is 1. The van der Waals surface area contributed by atoms with Crippen LogP contribution in [-0.2, 0) is 26.2 Å². The lowest BCUT2D eigenvalue weighted by Crippen LogP contribution is -2.53. The molecule has 3 aromatic rings. The Hall–Kier alpha value is -2.49. The molecule has 1 atom stereocenters. The van der Waals surface area contributed by atoms with Crippen molar-refractivity contribution in [2.75, 3.05) is 10.8 Å². The van der Waals surface area contributed by atoms with Gasteiger partial charge in [-0.25, -0.2) is 8.42 Å². The van der Waals surface area contributed by atoms with E-state index in [9.17, 15) is 18.0 Å². The van der Waals surface area contributed by atoms with Crippen LogP contribution in [-0.4, -0.2) is 43.8 Å². The summed E-state index contributed by atoms with van der Waals surface area (Å²) < 4.78 is 29.0. The fourth-order valence-corrected chi connectivity index (χ4v) is 7.41. The highest BCUT2D eigenvalue weighted by Crippen LogP contribution is 2.34. The molecule has 0 heterocycles. The summed E-state index contributed by atoms with van der Waals surface area (Å²) in [7, 11) is -4.31. The zero-order valence-electron chi connectivity index (χ0n) is 23.8. The Labute approximate surface area is 273 Å². The summed E-state index contributed by atoms with van der Waals surface area (Å²) in [6.07, 6.45) is 4.87. The monoisotopic (exact) mass is 683 g/mol. The second kappa shape index (κ2) is 14.5. The number of carbonyl (C=O) groups excluding carboxylic acids is 2. The average Bonchev–Trinajstić information content (AvgIpc) is 2.97. The Bertz CT molecular complexity index is 1560. The molecule has 12 heteroatoms. The second-order valence-electron chi connectivity index (χ2n) is 10.7. The van der Waals surface area contributed by atoms with Crippen LogP contribution >= 0.6 is 46.4 Å². The Morgan fingerprint density at radius 3 is 2.16 bits per heavy atom. The SMILES string of the molecule is Cc1ccc(S(=O)(=O)N(CC(=O)N(Cc2c(Cl)cccc2Cl)[C@H](C)C(=O)NC2CCCCC2)c2cc(Cl)ccc2Cl)cc1. The van der Waals surface area contributed by atoms with E-state index in [1.54, 1.807) is 37.3 Å². The first-order chi connectivity index (χ1) is 20.4. The number of carbonyl (C=O) groups is 2. The number of anilines is 1. The normalized spacial score (nSPS) is 14.7. The third-order valence-electron chi connectivity index (χ3n) is 7.57.